The highest BCUT2D eigenvalue weighted by atomic mass is 127. The molecule has 0 saturated carbocycles. The Morgan fingerprint density at radius 1 is 1.47 bits per heavy atom. The summed E-state index contributed by atoms with van der Waals surface area (Å²) in [4.78, 5) is 11.5. The Morgan fingerprint density at radius 3 is 2.59 bits per heavy atom. The Kier molecular flexibility index (Phi) is 4.94. The summed E-state index contributed by atoms with van der Waals surface area (Å²) in [5.74, 6) is -0.0577. The van der Waals surface area contributed by atoms with Gasteiger partial charge in [-0.15, -0.1) is 0 Å². The maximum Gasteiger partial charge on any atom is 0.341 e. The predicted octanol–water partition coefficient (Wildman–Crippen LogP) is 1.74. The lowest BCUT2D eigenvalue weighted by atomic mass is 10.2. The van der Waals surface area contributed by atoms with E-state index in [1.807, 2.05) is 0 Å². The van der Waals surface area contributed by atoms with Crippen LogP contribution < -0.4 is 15.8 Å². The van der Waals surface area contributed by atoms with Crippen LogP contribution in [-0.2, 0) is 4.74 Å². The number of carbonyl (C=O) groups is 1. The van der Waals surface area contributed by atoms with E-state index in [0.29, 0.717) is 17.0 Å². The molecule has 0 aliphatic carbocycles. The average molecular weight is 366 g/mol. The van der Waals surface area contributed by atoms with Crippen molar-refractivity contribution in [1.29, 1.82) is 0 Å². The van der Waals surface area contributed by atoms with Gasteiger partial charge >= 0.3 is 5.97 Å². The summed E-state index contributed by atoms with van der Waals surface area (Å²) >= 11 is 6.82. The Balaban J connectivity index is 3.24. The van der Waals surface area contributed by atoms with E-state index in [4.69, 9.17) is 22.7 Å². The fourth-order valence-electron chi connectivity index (χ4n) is 1.22. The van der Waals surface area contributed by atoms with E-state index >= 15 is 0 Å². The predicted molar refractivity (Wildman–Crippen MR) is 77.5 cm³/mol. The van der Waals surface area contributed by atoms with E-state index in [-0.39, 0.29) is 5.11 Å². The van der Waals surface area contributed by atoms with E-state index in [9.17, 15) is 4.79 Å². The first-order chi connectivity index (χ1) is 7.99. The molecule has 17 heavy (non-hydrogen) atoms. The van der Waals surface area contributed by atoms with Crippen molar-refractivity contribution in [1.82, 2.24) is 0 Å². The summed E-state index contributed by atoms with van der Waals surface area (Å²) in [6.07, 6.45) is 0. The number of hydrogen-bond donors (Lipinski definition) is 2. The number of nitrogens with one attached hydrogen (secondary N) is 1. The molecule has 0 saturated heterocycles. The van der Waals surface area contributed by atoms with Gasteiger partial charge in [0.1, 0.15) is 11.3 Å². The first-order valence-corrected chi connectivity index (χ1v) is 6.00. The smallest absolute Gasteiger partial charge is 0.341 e. The van der Waals surface area contributed by atoms with Crippen LogP contribution >= 0.6 is 34.8 Å². The molecular formula is C10H11IN2O3S. The molecule has 0 radical (unpaired) electrons. The number of thiocarbonyl (C=S) groups is 1. The first-order valence-electron chi connectivity index (χ1n) is 4.52. The summed E-state index contributed by atoms with van der Waals surface area (Å²) in [5, 5.41) is 2.95. The lowest BCUT2D eigenvalue weighted by Gasteiger charge is -2.12. The monoisotopic (exact) mass is 366 g/mol. The topological polar surface area (TPSA) is 73.6 Å². The van der Waals surface area contributed by atoms with E-state index in [1.165, 1.54) is 14.2 Å². The van der Waals surface area contributed by atoms with E-state index in [1.54, 1.807) is 12.1 Å². The second-order valence-corrected chi connectivity index (χ2v) is 4.62. The summed E-state index contributed by atoms with van der Waals surface area (Å²) in [6, 6.07) is 3.29. The largest absolute Gasteiger partial charge is 0.496 e. The molecule has 0 amide bonds. The van der Waals surface area contributed by atoms with Gasteiger partial charge in [-0.2, -0.15) is 0 Å². The second kappa shape index (κ2) is 6.01. The molecule has 3 N–H and O–H groups in total. The first kappa shape index (κ1) is 14.0. The Bertz CT molecular complexity index is 465. The maximum atomic E-state index is 11.5. The minimum atomic E-state index is -0.457. The van der Waals surface area contributed by atoms with Gasteiger partial charge in [-0.1, -0.05) is 0 Å². The fourth-order valence-corrected chi connectivity index (χ4v) is 1.93. The number of carbonyl (C=O) groups excluding carboxylic acids is 1. The van der Waals surface area contributed by atoms with Gasteiger partial charge in [0, 0.05) is 9.64 Å². The Morgan fingerprint density at radius 2 is 2.12 bits per heavy atom. The van der Waals surface area contributed by atoms with Crippen LogP contribution in [0.5, 0.6) is 5.75 Å². The van der Waals surface area contributed by atoms with Gasteiger partial charge in [0.05, 0.1) is 19.9 Å². The lowest BCUT2D eigenvalue weighted by molar-refractivity contribution is 0.0597. The molecule has 0 heterocycles. The third-order valence-electron chi connectivity index (χ3n) is 1.95. The third kappa shape index (κ3) is 3.43. The molecule has 1 aromatic rings. The Hall–Kier alpha value is -1.09. The molecule has 7 heteroatoms. The van der Waals surface area contributed by atoms with Gasteiger partial charge in [-0.25, -0.2) is 4.79 Å². The van der Waals surface area contributed by atoms with E-state index < -0.39 is 5.97 Å². The van der Waals surface area contributed by atoms with Crippen molar-refractivity contribution in [2.24, 2.45) is 5.73 Å². The molecule has 1 aromatic carbocycles. The number of ether oxygens (including phenoxy) is 2. The lowest BCUT2D eigenvalue weighted by Crippen LogP contribution is -2.20. The summed E-state index contributed by atoms with van der Waals surface area (Å²) in [7, 11) is 2.79. The fraction of sp³-hybridized carbons (Fsp3) is 0.200. The highest BCUT2D eigenvalue weighted by Crippen LogP contribution is 2.29. The van der Waals surface area contributed by atoms with Crippen LogP contribution in [0.15, 0.2) is 12.1 Å². The van der Waals surface area contributed by atoms with Crippen molar-refractivity contribution in [2.75, 3.05) is 19.5 Å². The van der Waals surface area contributed by atoms with Crippen molar-refractivity contribution in [3.05, 3.63) is 21.3 Å². The molecule has 0 atom stereocenters. The number of methoxy groups -OCH3 is 2. The third-order valence-corrected chi connectivity index (χ3v) is 2.95. The van der Waals surface area contributed by atoms with Gasteiger partial charge in [0.25, 0.3) is 0 Å². The number of anilines is 1. The molecule has 1 rings (SSSR count). The zero-order chi connectivity index (χ0) is 13.0. The maximum absolute atomic E-state index is 11.5. The van der Waals surface area contributed by atoms with Crippen molar-refractivity contribution in [3.63, 3.8) is 0 Å². The van der Waals surface area contributed by atoms with Gasteiger partial charge in [0.15, 0.2) is 5.11 Å². The summed E-state index contributed by atoms with van der Waals surface area (Å²) < 4.78 is 10.6. The molecule has 0 aromatic heterocycles. The standard InChI is InChI=1S/C10H11IN2O3S/c1-15-8-4-7(13-10(12)17)6(11)3-5(8)9(14)16-2/h3-4H,1-2H3,(H3,12,13,17). The molecule has 92 valence electrons. The number of halogens is 1. The van der Waals surface area contributed by atoms with Crippen LogP contribution in [0.3, 0.4) is 0 Å². The number of nitrogens with two attached hydrogens (primary N) is 1. The number of rotatable bonds is 3. The highest BCUT2D eigenvalue weighted by molar-refractivity contribution is 14.1. The van der Waals surface area contributed by atoms with Crippen molar-refractivity contribution in [2.45, 2.75) is 0 Å². The average Bonchev–Trinajstić information content (AvgIpc) is 2.29. The van der Waals surface area contributed by atoms with Gasteiger partial charge < -0.3 is 20.5 Å². The minimum absolute atomic E-state index is 0.149. The molecular weight excluding hydrogens is 355 g/mol. The molecule has 0 spiro atoms. The van der Waals surface area contributed by atoms with Crippen molar-refractivity contribution in [3.8, 4) is 5.75 Å². The van der Waals surface area contributed by atoms with Crippen LogP contribution in [0.4, 0.5) is 5.69 Å². The summed E-state index contributed by atoms with van der Waals surface area (Å²) in [5.41, 5.74) is 6.43. The van der Waals surface area contributed by atoms with Crippen molar-refractivity contribution < 1.29 is 14.3 Å². The van der Waals surface area contributed by atoms with Crippen LogP contribution in [0, 0.1) is 3.57 Å². The molecule has 5 nitrogen and oxygen atoms in total. The number of benzene rings is 1. The van der Waals surface area contributed by atoms with Gasteiger partial charge in [-0.05, 0) is 40.9 Å². The Labute approximate surface area is 118 Å². The zero-order valence-corrected chi connectivity index (χ0v) is 12.2. The van der Waals surface area contributed by atoms with Crippen LogP contribution in [0.2, 0.25) is 0 Å². The zero-order valence-electron chi connectivity index (χ0n) is 9.24. The minimum Gasteiger partial charge on any atom is -0.496 e. The molecule has 0 bridgehead atoms. The quantitative estimate of drug-likeness (QED) is 0.482. The number of hydrogen-bond acceptors (Lipinski definition) is 4. The van der Waals surface area contributed by atoms with E-state index in [0.717, 1.165) is 3.57 Å². The van der Waals surface area contributed by atoms with Gasteiger partial charge in [-0.3, -0.25) is 0 Å². The van der Waals surface area contributed by atoms with E-state index in [2.05, 4.69) is 32.6 Å². The van der Waals surface area contributed by atoms with Crippen LogP contribution in [0.1, 0.15) is 10.4 Å². The normalized spacial score (nSPS) is 9.59. The van der Waals surface area contributed by atoms with Gasteiger partial charge in [0.2, 0.25) is 0 Å². The van der Waals surface area contributed by atoms with Crippen LogP contribution in [-0.4, -0.2) is 25.3 Å². The van der Waals surface area contributed by atoms with Crippen LogP contribution in [0.25, 0.3) is 0 Å². The van der Waals surface area contributed by atoms with Crippen molar-refractivity contribution >= 4 is 51.6 Å². The SMILES string of the molecule is COC(=O)c1cc(I)c(NC(N)=S)cc1OC. The molecule has 0 aliphatic rings. The molecule has 0 fully saturated rings. The molecule has 0 aliphatic heterocycles. The summed E-state index contributed by atoms with van der Waals surface area (Å²) in [6.45, 7) is 0. The highest BCUT2D eigenvalue weighted by Gasteiger charge is 2.16. The molecule has 0 unspecified atom stereocenters. The second-order valence-electron chi connectivity index (χ2n) is 3.01. The number of esters is 1.